The van der Waals surface area contributed by atoms with Crippen molar-refractivity contribution in [2.45, 2.75) is 135 Å². The van der Waals surface area contributed by atoms with Gasteiger partial charge in [-0.15, -0.1) is 0 Å². The van der Waals surface area contributed by atoms with E-state index >= 15 is 0 Å². The van der Waals surface area contributed by atoms with Crippen LogP contribution in [0.15, 0.2) is 12.2 Å². The Kier molecular flexibility index (Phi) is 22.3. The molecule has 0 atom stereocenters. The minimum atomic E-state index is -3.95. The van der Waals surface area contributed by atoms with E-state index in [9.17, 15) is 13.2 Å². The number of carbonyl (C=O) groups is 1. The second-order valence-electron chi connectivity index (χ2n) is 9.60. The fourth-order valence-electron chi connectivity index (χ4n) is 4.07. The Morgan fingerprint density at radius 3 is 1.48 bits per heavy atom. The first-order valence-corrected chi connectivity index (χ1v) is 15.3. The number of allylic oxidation sites excluding steroid dienone is 1. The minimum Gasteiger partial charge on any atom is -0.342 e. The maximum absolute atomic E-state index is 11.9. The largest absolute Gasteiger partial charge is 0.342 e. The topological polar surface area (TPSA) is 74.7 Å². The summed E-state index contributed by atoms with van der Waals surface area (Å²) in [7, 11) is -2.30. The van der Waals surface area contributed by atoms with Gasteiger partial charge >= 0.3 is 0 Å². The molecule has 0 aliphatic heterocycles. The van der Waals surface area contributed by atoms with E-state index in [1.807, 2.05) is 6.08 Å². The molecule has 0 aromatic heterocycles. The van der Waals surface area contributed by atoms with Crippen molar-refractivity contribution in [1.82, 2.24) is 4.90 Å². The van der Waals surface area contributed by atoms with Crippen LogP contribution in [0.5, 0.6) is 0 Å². The quantitative estimate of drug-likeness (QED) is 0.0859. The lowest BCUT2D eigenvalue weighted by molar-refractivity contribution is -0.124. The summed E-state index contributed by atoms with van der Waals surface area (Å²) in [6, 6.07) is 0. The van der Waals surface area contributed by atoms with Crippen LogP contribution in [0.2, 0.25) is 0 Å². The Morgan fingerprint density at radius 2 is 1.09 bits per heavy atom. The van der Waals surface area contributed by atoms with Gasteiger partial charge in [-0.25, -0.2) is 0 Å². The van der Waals surface area contributed by atoms with E-state index in [0.29, 0.717) is 6.54 Å². The number of likely N-dealkylation sites (N-methyl/N-ethyl adjacent to an activating group) is 1. The number of rotatable bonds is 24. The summed E-state index contributed by atoms with van der Waals surface area (Å²) in [4.78, 5) is 13.4. The van der Waals surface area contributed by atoms with Crippen LogP contribution in [-0.4, -0.2) is 43.1 Å². The maximum atomic E-state index is 11.9. The van der Waals surface area contributed by atoms with E-state index < -0.39 is 10.1 Å². The van der Waals surface area contributed by atoms with E-state index in [4.69, 9.17) is 4.55 Å². The van der Waals surface area contributed by atoms with Crippen LogP contribution in [0.4, 0.5) is 0 Å². The summed E-state index contributed by atoms with van der Waals surface area (Å²) in [5, 5.41) is 0. The Balaban J connectivity index is 3.34. The molecule has 0 fully saturated rings. The maximum Gasteiger partial charge on any atom is 0.264 e. The van der Waals surface area contributed by atoms with Gasteiger partial charge in [-0.3, -0.25) is 9.35 Å². The van der Waals surface area contributed by atoms with Crippen LogP contribution in [0.3, 0.4) is 0 Å². The fourth-order valence-corrected chi connectivity index (χ4v) is 4.56. The molecule has 0 aliphatic rings. The highest BCUT2D eigenvalue weighted by atomic mass is 32.2. The van der Waals surface area contributed by atoms with Crippen molar-refractivity contribution in [2.75, 3.05) is 19.3 Å². The molecule has 33 heavy (non-hydrogen) atoms. The highest BCUT2D eigenvalue weighted by Gasteiger charge is 2.08. The lowest BCUT2D eigenvalue weighted by Gasteiger charge is -2.14. The molecule has 0 unspecified atom stereocenters. The molecule has 1 N–H and O–H groups in total. The predicted octanol–water partition coefficient (Wildman–Crippen LogP) is 7.71. The molecule has 0 bridgehead atoms. The second kappa shape index (κ2) is 22.9. The van der Waals surface area contributed by atoms with Gasteiger partial charge in [0.2, 0.25) is 5.91 Å². The van der Waals surface area contributed by atoms with Crippen molar-refractivity contribution in [2.24, 2.45) is 0 Å². The highest BCUT2D eigenvalue weighted by Crippen LogP contribution is 2.14. The molecular weight excluding hydrogens is 434 g/mol. The molecule has 0 radical (unpaired) electrons. The predicted molar refractivity (Wildman–Crippen MR) is 141 cm³/mol. The van der Waals surface area contributed by atoms with Crippen LogP contribution >= 0.6 is 0 Å². The van der Waals surface area contributed by atoms with Crippen molar-refractivity contribution >= 4 is 16.0 Å². The first-order valence-electron chi connectivity index (χ1n) is 13.7. The normalized spacial score (nSPS) is 12.0. The van der Waals surface area contributed by atoms with Gasteiger partial charge in [0.15, 0.2) is 0 Å². The van der Waals surface area contributed by atoms with E-state index in [1.54, 1.807) is 13.1 Å². The van der Waals surface area contributed by atoms with Gasteiger partial charge in [0.25, 0.3) is 10.1 Å². The van der Waals surface area contributed by atoms with Gasteiger partial charge in [0.1, 0.15) is 0 Å². The van der Waals surface area contributed by atoms with E-state index in [-0.39, 0.29) is 18.1 Å². The van der Waals surface area contributed by atoms with Gasteiger partial charge < -0.3 is 4.90 Å². The SMILES string of the molecule is CCCCCCCCCCCCCCCCCCCC/C=C/C(=O)N(C)CCCS(=O)(=O)O. The average molecular weight is 488 g/mol. The van der Waals surface area contributed by atoms with Crippen molar-refractivity contribution < 1.29 is 17.8 Å². The summed E-state index contributed by atoms with van der Waals surface area (Å²) in [5.74, 6) is -0.430. The smallest absolute Gasteiger partial charge is 0.264 e. The van der Waals surface area contributed by atoms with Crippen molar-refractivity contribution in [3.63, 3.8) is 0 Å². The molecule has 196 valence electrons. The Hall–Kier alpha value is -0.880. The third-order valence-electron chi connectivity index (χ3n) is 6.26. The Labute approximate surface area is 205 Å². The van der Waals surface area contributed by atoms with Crippen LogP contribution < -0.4 is 0 Å². The molecule has 0 heterocycles. The molecule has 5 nitrogen and oxygen atoms in total. The summed E-state index contributed by atoms with van der Waals surface area (Å²) in [6.45, 7) is 2.60. The van der Waals surface area contributed by atoms with Crippen molar-refractivity contribution in [3.8, 4) is 0 Å². The van der Waals surface area contributed by atoms with Crippen LogP contribution in [0.1, 0.15) is 135 Å². The van der Waals surface area contributed by atoms with Crippen LogP contribution in [0.25, 0.3) is 0 Å². The Bertz CT molecular complexity index is 575. The van der Waals surface area contributed by atoms with Gasteiger partial charge in [0.05, 0.1) is 5.75 Å². The van der Waals surface area contributed by atoms with Crippen LogP contribution in [0, 0.1) is 0 Å². The molecule has 0 spiro atoms. The summed E-state index contributed by atoms with van der Waals surface area (Å²) < 4.78 is 30.1. The zero-order valence-corrected chi connectivity index (χ0v) is 22.6. The molecule has 0 aliphatic carbocycles. The number of nitrogens with zero attached hydrogens (tertiary/aromatic N) is 1. The molecule has 0 aromatic rings. The Morgan fingerprint density at radius 1 is 0.697 bits per heavy atom. The molecule has 0 saturated carbocycles. The lowest BCUT2D eigenvalue weighted by Crippen LogP contribution is -2.27. The van der Waals surface area contributed by atoms with Crippen LogP contribution in [-0.2, 0) is 14.9 Å². The van der Waals surface area contributed by atoms with E-state index in [0.717, 1.165) is 12.8 Å². The third-order valence-corrected chi connectivity index (χ3v) is 7.06. The monoisotopic (exact) mass is 487 g/mol. The third kappa shape index (κ3) is 25.6. The number of amides is 1. The summed E-state index contributed by atoms with van der Waals surface area (Å²) in [6.07, 6.45) is 29.2. The summed E-state index contributed by atoms with van der Waals surface area (Å²) >= 11 is 0. The second-order valence-corrected chi connectivity index (χ2v) is 11.2. The van der Waals surface area contributed by atoms with Gasteiger partial charge in [-0.1, -0.05) is 122 Å². The molecule has 6 heteroatoms. The highest BCUT2D eigenvalue weighted by molar-refractivity contribution is 7.85. The van der Waals surface area contributed by atoms with Crippen molar-refractivity contribution in [3.05, 3.63) is 12.2 Å². The number of carbonyl (C=O) groups excluding carboxylic acids is 1. The molecule has 0 rings (SSSR count). The van der Waals surface area contributed by atoms with Gasteiger partial charge in [-0.05, 0) is 25.3 Å². The summed E-state index contributed by atoms with van der Waals surface area (Å²) in [5.41, 5.74) is 0. The first kappa shape index (κ1) is 32.1. The lowest BCUT2D eigenvalue weighted by atomic mass is 10.0. The van der Waals surface area contributed by atoms with Gasteiger partial charge in [0, 0.05) is 13.6 Å². The number of hydrogen-bond acceptors (Lipinski definition) is 3. The van der Waals surface area contributed by atoms with E-state index in [1.165, 1.54) is 114 Å². The molecule has 1 amide bonds. The average Bonchev–Trinajstić information content (AvgIpc) is 2.76. The molecule has 0 saturated heterocycles. The zero-order chi connectivity index (χ0) is 24.6. The first-order chi connectivity index (χ1) is 15.9. The number of hydrogen-bond donors (Lipinski definition) is 1. The molecular formula is C27H53NO4S. The zero-order valence-electron chi connectivity index (χ0n) is 21.7. The van der Waals surface area contributed by atoms with Gasteiger partial charge in [-0.2, -0.15) is 8.42 Å². The van der Waals surface area contributed by atoms with Crippen molar-refractivity contribution in [1.29, 1.82) is 0 Å². The van der Waals surface area contributed by atoms with E-state index in [2.05, 4.69) is 6.92 Å². The fraction of sp³-hybridized carbons (Fsp3) is 0.889. The minimum absolute atomic E-state index is 0.118. The standard InChI is InChI=1S/C27H53NO4S/c1-3-4-5-6-7-8-9-10-11-12-13-14-15-16-17-18-19-20-21-22-24-27(29)28(2)25-23-26-33(30,31)32/h22,24H,3-21,23,25-26H2,1-2H3,(H,30,31,32)/b24-22+. The molecule has 0 aromatic carbocycles. The number of unbranched alkanes of at least 4 members (excludes halogenated alkanes) is 18.